The highest BCUT2D eigenvalue weighted by Crippen LogP contribution is 2.12. The Morgan fingerprint density at radius 1 is 0.457 bits per heavy atom. The predicted molar refractivity (Wildman–Crippen MR) is 334 cm³/mol. The van der Waals surface area contributed by atoms with Gasteiger partial charge in [0.1, 0.15) is 54.5 Å². The molecule has 22 N–H and O–H groups in total. The monoisotopic (exact) mass is 1320 g/mol. The van der Waals surface area contributed by atoms with Crippen molar-refractivity contribution in [3.8, 4) is 0 Å². The fourth-order valence-electron chi connectivity index (χ4n) is 9.34. The van der Waals surface area contributed by atoms with E-state index in [2.05, 4.69) is 78.9 Å². The van der Waals surface area contributed by atoms with Crippen LogP contribution in [-0.4, -0.2) is 205 Å². The molecule has 2 saturated heterocycles. The average molecular weight is 1320 g/mol. The van der Waals surface area contributed by atoms with Crippen molar-refractivity contribution >= 4 is 101 Å². The maximum Gasteiger partial charge on any atom is 0.305 e. The van der Waals surface area contributed by atoms with Crippen molar-refractivity contribution in [2.45, 2.75) is 138 Å². The Morgan fingerprint density at radius 3 is 1.20 bits per heavy atom. The summed E-state index contributed by atoms with van der Waals surface area (Å²) in [7, 11) is 0. The largest absolute Gasteiger partial charge is 0.481 e. The number of aliphatic imine (C=N–C) groups is 2. The van der Waals surface area contributed by atoms with Crippen LogP contribution >= 0.6 is 0 Å². The maximum atomic E-state index is 14.1. The highest BCUT2D eigenvalue weighted by molar-refractivity contribution is 6.26. The first-order valence-electron chi connectivity index (χ1n) is 30.2. The molecular weight excluding hydrogens is 1230 g/mol. The highest BCUT2D eigenvalue weighted by atomic mass is 16.6. The maximum absolute atomic E-state index is 14.1. The summed E-state index contributed by atoms with van der Waals surface area (Å²) in [5.74, 6) is -13.7. The molecule has 0 spiro atoms. The van der Waals surface area contributed by atoms with Crippen molar-refractivity contribution in [2.24, 2.45) is 38.1 Å². The van der Waals surface area contributed by atoms with Gasteiger partial charge in [-0.05, 0) is 75.3 Å². The molecule has 4 rings (SSSR count). The lowest BCUT2D eigenvalue weighted by Gasteiger charge is -2.26. The molecule has 0 unspecified atom stereocenters. The molecular formula is C58H83N19O17. The molecule has 0 radical (unpaired) electrons. The summed E-state index contributed by atoms with van der Waals surface area (Å²) < 4.78 is 0. The number of hydrogen-bond acceptors (Lipinski definition) is 18. The van der Waals surface area contributed by atoms with Crippen molar-refractivity contribution in [3.05, 3.63) is 71.8 Å². The Morgan fingerprint density at radius 2 is 0.809 bits per heavy atom. The minimum Gasteiger partial charge on any atom is -0.481 e. The van der Waals surface area contributed by atoms with Gasteiger partial charge in [-0.2, -0.15) is 0 Å². The van der Waals surface area contributed by atoms with Gasteiger partial charge in [0.25, 0.3) is 11.8 Å². The molecule has 0 saturated carbocycles. The minimum absolute atomic E-state index is 0.00463. The molecule has 36 nitrogen and oxygen atoms in total. The van der Waals surface area contributed by atoms with Gasteiger partial charge in [-0.25, -0.2) is 0 Å². The molecule has 2 aliphatic heterocycles. The highest BCUT2D eigenvalue weighted by Gasteiger charge is 2.36. The van der Waals surface area contributed by atoms with E-state index in [1.807, 2.05) is 0 Å². The Balaban J connectivity index is 1.36. The smallest absolute Gasteiger partial charge is 0.305 e. The second-order valence-corrected chi connectivity index (χ2v) is 21.7. The average Bonchev–Trinajstić information content (AvgIpc) is 1.37. The van der Waals surface area contributed by atoms with E-state index in [9.17, 15) is 77.3 Å². The van der Waals surface area contributed by atoms with E-state index in [4.69, 9.17) is 27.8 Å². The third-order valence-corrected chi connectivity index (χ3v) is 14.1. The molecule has 0 aromatic heterocycles. The zero-order chi connectivity index (χ0) is 69.0. The van der Waals surface area contributed by atoms with Crippen molar-refractivity contribution in [1.29, 1.82) is 0 Å². The number of carboxylic acid groups (broad SMARTS) is 2. The van der Waals surface area contributed by atoms with Gasteiger partial charge in [-0.1, -0.05) is 65.8 Å². The lowest BCUT2D eigenvalue weighted by molar-refractivity contribution is -0.141. The van der Waals surface area contributed by atoms with Crippen LogP contribution in [0.5, 0.6) is 0 Å². The molecule has 0 aliphatic carbocycles. The lowest BCUT2D eigenvalue weighted by atomic mass is 10.0. The molecule has 36 heteroatoms. The molecule has 2 aromatic carbocycles. The lowest BCUT2D eigenvalue weighted by Crippen LogP contribution is -2.58. The van der Waals surface area contributed by atoms with Crippen molar-refractivity contribution < 1.29 is 82.2 Å². The van der Waals surface area contributed by atoms with Crippen LogP contribution in [0.1, 0.15) is 88.2 Å². The van der Waals surface area contributed by atoms with Crippen LogP contribution in [0.4, 0.5) is 0 Å². The quantitative estimate of drug-likeness (QED) is 0.0150. The number of nitrogens with zero attached hydrogens (tertiary/aromatic N) is 3. The van der Waals surface area contributed by atoms with Crippen LogP contribution in [-0.2, 0) is 84.8 Å². The van der Waals surface area contributed by atoms with Gasteiger partial charge in [-0.15, -0.1) is 0 Å². The van der Waals surface area contributed by atoms with Crippen LogP contribution in [0.2, 0.25) is 0 Å². The standard InChI is InChI=1S/C58H83N19O17/c59-57(60)65-23-11-19-35-49(86)67-29-44(79)70-41(27-47(82)83)55(92)76-39(25-33-13-3-1-4-14-33)53(90)74-37(51(88)72-35)17-7-9-21-63-43(78)31-69-94-32-46(81)64-22-10-8-18-38-52(89)73-36(20-12-24-66-58(61)62)50(87)68-30-45(80)71-42(28-48(84)85)56(93)77-40(54(91)75-38)26-34-15-5-2-6-16-34/h1-6,13-16,31,35-42H,7-12,17-30,32H2,(H,63,78)(H,64,81)(H,67,86)(H,68,87)(H,70,79)(H,71,80)(H,72,88)(H,73,89)(H,74,90)(H,75,91)(H,76,92)(H,77,93)(H,82,83)(H,84,85)(H4,59,60,65)(H4,61,62,66)/b69-31+/t35-,36-,37-,38-,39+,40+,41-,42-/m0/s1. The second kappa shape index (κ2) is 40.7. The van der Waals surface area contributed by atoms with E-state index in [1.54, 1.807) is 60.7 Å². The number of amides is 12. The normalized spacial score (nSPS) is 21.2. The topological polar surface area (TPSA) is 574 Å². The third-order valence-electron chi connectivity index (χ3n) is 14.1. The van der Waals surface area contributed by atoms with E-state index in [-0.39, 0.29) is 115 Å². The Bertz CT molecular complexity index is 3060. The number of carbonyl (C=O) groups excluding carboxylic acids is 12. The molecule has 2 heterocycles. The zero-order valence-electron chi connectivity index (χ0n) is 51.5. The summed E-state index contributed by atoms with van der Waals surface area (Å²) in [4.78, 5) is 198. The van der Waals surface area contributed by atoms with Gasteiger partial charge in [-0.3, -0.25) is 77.1 Å². The first-order chi connectivity index (χ1) is 44.9. The van der Waals surface area contributed by atoms with E-state index < -0.39 is 164 Å². The van der Waals surface area contributed by atoms with E-state index in [0.717, 1.165) is 6.21 Å². The van der Waals surface area contributed by atoms with Crippen molar-refractivity contribution in [3.63, 3.8) is 0 Å². The molecule has 0 bridgehead atoms. The number of carboxylic acids is 2. The van der Waals surface area contributed by atoms with E-state index in [1.165, 1.54) is 0 Å². The SMILES string of the molecule is NC(N)=NCCC[C@@H]1NC(=O)[C@H](CCCCNC(=O)/C=N/OCC(=O)NCCCC[C@@H]2NC(=O)[C@@H](Cc3ccccc3)NC(=O)[C@H](CC(=O)O)NC(=O)CNC(=O)[C@H](CCCN=C(N)N)NC2=O)NC(=O)[C@@H](Cc2ccccc2)NC(=O)[C@H](CC(=O)O)NC(=O)CNC1=O. The van der Waals surface area contributed by atoms with Crippen LogP contribution in [0, 0.1) is 0 Å². The number of hydrogen-bond donors (Lipinski definition) is 18. The summed E-state index contributed by atoms with van der Waals surface area (Å²) >= 11 is 0. The number of guanidine groups is 2. The first kappa shape index (κ1) is 75.5. The summed E-state index contributed by atoms with van der Waals surface area (Å²) in [6, 6.07) is 5.39. The minimum atomic E-state index is -1.68. The summed E-state index contributed by atoms with van der Waals surface area (Å²) in [5.41, 5.74) is 22.9. The molecule has 94 heavy (non-hydrogen) atoms. The number of aliphatic carboxylic acids is 2. The zero-order valence-corrected chi connectivity index (χ0v) is 51.5. The summed E-state index contributed by atoms with van der Waals surface area (Å²) in [5, 5.41) is 52.6. The number of unbranched alkanes of at least 4 members (excludes halogenated alkanes) is 2. The molecule has 2 aliphatic rings. The van der Waals surface area contributed by atoms with Gasteiger partial charge in [0.2, 0.25) is 59.1 Å². The number of rotatable bonds is 30. The van der Waals surface area contributed by atoms with Crippen LogP contribution in [0.15, 0.2) is 75.8 Å². The van der Waals surface area contributed by atoms with Crippen molar-refractivity contribution in [1.82, 2.24) is 63.8 Å². The first-order valence-corrected chi connectivity index (χ1v) is 30.2. The van der Waals surface area contributed by atoms with Gasteiger partial charge >= 0.3 is 11.9 Å². The van der Waals surface area contributed by atoms with Gasteiger partial charge in [0.15, 0.2) is 18.5 Å². The summed E-state index contributed by atoms with van der Waals surface area (Å²) in [6.07, 6.45) is -0.377. The number of nitrogens with one attached hydrogen (secondary N) is 12. The fourth-order valence-corrected chi connectivity index (χ4v) is 9.34. The molecule has 8 atom stereocenters. The van der Waals surface area contributed by atoms with Crippen LogP contribution < -0.4 is 86.7 Å². The van der Waals surface area contributed by atoms with Crippen LogP contribution in [0.25, 0.3) is 0 Å². The molecule has 512 valence electrons. The summed E-state index contributed by atoms with van der Waals surface area (Å²) in [6.45, 7) is -1.93. The molecule has 2 fully saturated rings. The van der Waals surface area contributed by atoms with Gasteiger partial charge < -0.3 is 102 Å². The molecule has 2 aromatic rings. The van der Waals surface area contributed by atoms with Crippen LogP contribution in [0.3, 0.4) is 0 Å². The number of oxime groups is 1. The molecule has 12 amide bonds. The van der Waals surface area contributed by atoms with Gasteiger partial charge in [0.05, 0.1) is 25.9 Å². The number of carbonyl (C=O) groups is 14. The Hall–Kier alpha value is -11.0. The third kappa shape index (κ3) is 29.8. The van der Waals surface area contributed by atoms with Crippen molar-refractivity contribution in [2.75, 3.05) is 45.9 Å². The second-order valence-electron chi connectivity index (χ2n) is 21.7. The van der Waals surface area contributed by atoms with E-state index >= 15 is 0 Å². The number of benzene rings is 2. The van der Waals surface area contributed by atoms with Gasteiger partial charge in [0, 0.05) is 39.0 Å². The number of nitrogens with two attached hydrogens (primary N) is 4. The van der Waals surface area contributed by atoms with E-state index in [0.29, 0.717) is 11.1 Å². The Kier molecular flexibility index (Phi) is 32.7. The fraction of sp³-hybridized carbons (Fsp3) is 0.500. The predicted octanol–water partition coefficient (Wildman–Crippen LogP) is -6.76. The Labute approximate surface area is 539 Å².